The van der Waals surface area contributed by atoms with E-state index in [-0.39, 0.29) is 18.3 Å². The molecule has 0 saturated heterocycles. The van der Waals surface area contributed by atoms with Crippen LogP contribution in [0.5, 0.6) is 0 Å². The minimum Gasteiger partial charge on any atom is -0.394 e. The molecule has 4 N–H and O–H groups in total. The van der Waals surface area contributed by atoms with Crippen molar-refractivity contribution < 1.29 is 37.5 Å². The summed E-state index contributed by atoms with van der Waals surface area (Å²) in [5.41, 5.74) is 0.297. The number of benzene rings is 1. The molecule has 1 aliphatic heterocycles. The molecule has 9 nitrogen and oxygen atoms in total. The van der Waals surface area contributed by atoms with Gasteiger partial charge in [-0.25, -0.2) is 18.7 Å². The second kappa shape index (κ2) is 13.1. The summed E-state index contributed by atoms with van der Waals surface area (Å²) in [7, 11) is 0. The molecule has 13 heteroatoms. The summed E-state index contributed by atoms with van der Waals surface area (Å²) in [4.78, 5) is 33.5. The fourth-order valence-corrected chi connectivity index (χ4v) is 3.80. The molecular formula is C20H22F3IN4O5. The van der Waals surface area contributed by atoms with Gasteiger partial charge in [-0.3, -0.25) is 14.4 Å². The standard InChI is InChI=1S/C20H22F3IN4O5/c1-11(2)26-16(30)10-33-25-9-12-7-13(20(31)28-32-6-5-29)19(18(23)17(12)22)27-15-3-4-24-8-14(15)21/h3-4,7-9,11,27,29H,5-6,10H2,1-2H3,(H,26,30)(H,28,31)/b25-9+. The number of allylic oxidation sites excluding steroid dienone is 2. The summed E-state index contributed by atoms with van der Waals surface area (Å²) >= 11 is -0.628. The molecule has 33 heavy (non-hydrogen) atoms. The molecule has 180 valence electrons. The smallest absolute Gasteiger partial charge is 0.277 e. The van der Waals surface area contributed by atoms with Crippen molar-refractivity contribution in [3.05, 3.63) is 50.5 Å². The summed E-state index contributed by atoms with van der Waals surface area (Å²) in [6, 6.07) is 0.824. The van der Waals surface area contributed by atoms with Gasteiger partial charge in [-0.15, -0.1) is 0 Å². The molecule has 2 amide bonds. The van der Waals surface area contributed by atoms with Crippen LogP contribution in [0.1, 0.15) is 29.8 Å². The minimum atomic E-state index is -1.47. The highest BCUT2D eigenvalue weighted by Crippen LogP contribution is 2.29. The van der Waals surface area contributed by atoms with E-state index in [1.165, 1.54) is 10.1 Å². The fraction of sp³-hybridized carbons (Fsp3) is 0.300. The average molecular weight is 582 g/mol. The van der Waals surface area contributed by atoms with Crippen molar-refractivity contribution in [2.45, 2.75) is 19.9 Å². The van der Waals surface area contributed by atoms with Crippen LogP contribution in [-0.2, 0) is 14.5 Å². The van der Waals surface area contributed by atoms with Crippen molar-refractivity contribution in [2.24, 2.45) is 5.16 Å². The van der Waals surface area contributed by atoms with Gasteiger partial charge in [-0.1, -0.05) is 25.9 Å². The second-order valence-electron chi connectivity index (χ2n) is 6.66. The molecule has 1 heterocycles. The van der Waals surface area contributed by atoms with Crippen LogP contribution in [0.25, 0.3) is 0 Å². The maximum Gasteiger partial charge on any atom is 0.277 e. The van der Waals surface area contributed by atoms with E-state index in [2.05, 4.69) is 15.8 Å². The van der Waals surface area contributed by atoms with Gasteiger partial charge in [0.25, 0.3) is 11.8 Å². The first kappa shape index (κ1) is 26.5. The topological polar surface area (TPSA) is 121 Å². The van der Waals surface area contributed by atoms with Crippen molar-refractivity contribution in [3.63, 3.8) is 0 Å². The highest BCUT2D eigenvalue weighted by atomic mass is 127. The van der Waals surface area contributed by atoms with Gasteiger partial charge in [-0.05, 0) is 30.1 Å². The molecule has 0 radical (unpaired) electrons. The number of hydrogen-bond donors (Lipinski definition) is 4. The van der Waals surface area contributed by atoms with Crippen LogP contribution >= 0.6 is 20.7 Å². The Balaban J connectivity index is 2.34. The molecule has 0 aliphatic carbocycles. The first-order chi connectivity index (χ1) is 15.7. The maximum absolute atomic E-state index is 14.9. The quantitative estimate of drug-likeness (QED) is 0.138. The van der Waals surface area contributed by atoms with E-state index in [0.29, 0.717) is 0 Å². The molecule has 2 rings (SSSR count). The van der Waals surface area contributed by atoms with Gasteiger partial charge in [0.1, 0.15) is 0 Å². The predicted molar refractivity (Wildman–Crippen MR) is 125 cm³/mol. The van der Waals surface area contributed by atoms with E-state index in [0.717, 1.165) is 12.3 Å². The number of carbonyl (C=O) groups is 2. The molecule has 0 spiro atoms. The Kier molecular flexibility index (Phi) is 10.5. The number of nitrogens with zero attached hydrogens (tertiary/aromatic N) is 1. The number of oxime groups is 1. The van der Waals surface area contributed by atoms with Gasteiger partial charge in [0, 0.05) is 15.6 Å². The summed E-state index contributed by atoms with van der Waals surface area (Å²) in [5, 5.41) is 17.2. The van der Waals surface area contributed by atoms with E-state index in [4.69, 9.17) is 14.8 Å². The Morgan fingerprint density at radius 1 is 1.27 bits per heavy atom. The van der Waals surface area contributed by atoms with Crippen LogP contribution in [-0.4, -0.2) is 53.0 Å². The van der Waals surface area contributed by atoms with Crippen LogP contribution < -0.4 is 16.1 Å². The van der Waals surface area contributed by atoms with E-state index < -0.39 is 80.0 Å². The van der Waals surface area contributed by atoms with Crippen molar-refractivity contribution >= 4 is 48.5 Å². The molecule has 0 aromatic heterocycles. The average Bonchev–Trinajstić information content (AvgIpc) is 2.76. The van der Waals surface area contributed by atoms with Crippen molar-refractivity contribution in [2.75, 3.05) is 25.1 Å². The molecule has 0 bridgehead atoms. The minimum absolute atomic E-state index is 0.121. The van der Waals surface area contributed by atoms with Crippen LogP contribution in [0.2, 0.25) is 0 Å². The largest absolute Gasteiger partial charge is 0.394 e. The molecule has 0 fully saturated rings. The lowest BCUT2D eigenvalue weighted by Gasteiger charge is -2.16. The van der Waals surface area contributed by atoms with E-state index in [9.17, 15) is 22.8 Å². The molecule has 1 aliphatic rings. The Bertz CT molecular complexity index is 1010. The Morgan fingerprint density at radius 2 is 2.03 bits per heavy atom. The van der Waals surface area contributed by atoms with Gasteiger partial charge >= 0.3 is 0 Å². The van der Waals surface area contributed by atoms with Gasteiger partial charge in [0.15, 0.2) is 24.1 Å². The number of hydrogen-bond acceptors (Lipinski definition) is 7. The summed E-state index contributed by atoms with van der Waals surface area (Å²) in [6.07, 6.45) is 2.16. The number of anilines is 1. The number of halogens is 4. The van der Waals surface area contributed by atoms with Crippen LogP contribution in [0, 0.1) is 11.6 Å². The lowest BCUT2D eigenvalue weighted by atomic mass is 10.1. The Hall–Kier alpha value is -2.78. The fourth-order valence-electron chi connectivity index (χ4n) is 2.38. The lowest BCUT2D eigenvalue weighted by molar-refractivity contribution is -0.126. The van der Waals surface area contributed by atoms with Gasteiger partial charge in [0.2, 0.25) is 0 Å². The van der Waals surface area contributed by atoms with Crippen molar-refractivity contribution in [1.82, 2.24) is 10.8 Å². The maximum atomic E-state index is 14.9. The number of rotatable bonds is 11. The number of hydroxylamine groups is 1. The second-order valence-corrected chi connectivity index (χ2v) is 8.73. The summed E-state index contributed by atoms with van der Waals surface area (Å²) in [5.74, 6) is -4.98. The normalized spacial score (nSPS) is 13.3. The Morgan fingerprint density at radius 3 is 2.70 bits per heavy atom. The predicted octanol–water partition coefficient (Wildman–Crippen LogP) is 2.39. The molecule has 1 aromatic rings. The highest BCUT2D eigenvalue weighted by molar-refractivity contribution is 14.2. The highest BCUT2D eigenvalue weighted by Gasteiger charge is 2.24. The first-order valence-corrected chi connectivity index (χ1v) is 12.0. The molecule has 1 aromatic carbocycles. The first-order valence-electron chi connectivity index (χ1n) is 9.52. The van der Waals surface area contributed by atoms with Gasteiger partial charge in [0.05, 0.1) is 36.4 Å². The number of aliphatic hydroxyl groups excluding tert-OH is 1. The van der Waals surface area contributed by atoms with Crippen molar-refractivity contribution in [1.29, 1.82) is 0 Å². The monoisotopic (exact) mass is 582 g/mol. The zero-order valence-corrected chi connectivity index (χ0v) is 19.8. The third-order valence-electron chi connectivity index (χ3n) is 3.73. The number of aliphatic hydroxyl groups is 1. The third-order valence-corrected chi connectivity index (χ3v) is 5.41. The Labute approximate surface area is 197 Å². The van der Waals surface area contributed by atoms with Crippen LogP contribution in [0.4, 0.5) is 18.9 Å². The molecular weight excluding hydrogens is 560 g/mol. The van der Waals surface area contributed by atoms with Crippen LogP contribution in [0.3, 0.4) is 0 Å². The SMILES string of the molecule is CC(C)NC(=O)CO/N=C/c1cc(C(=O)NOCCO)c(NC2=C(F)C=IC=C2)c(F)c1F. The van der Waals surface area contributed by atoms with E-state index in [1.54, 1.807) is 17.9 Å². The lowest BCUT2D eigenvalue weighted by Crippen LogP contribution is -2.32. The summed E-state index contributed by atoms with van der Waals surface area (Å²) < 4.78 is 46.6. The van der Waals surface area contributed by atoms with E-state index >= 15 is 0 Å². The third kappa shape index (κ3) is 7.94. The van der Waals surface area contributed by atoms with E-state index in [1.807, 2.05) is 5.48 Å². The number of amides is 2. The summed E-state index contributed by atoms with van der Waals surface area (Å²) in [6.45, 7) is 2.39. The number of nitrogens with one attached hydrogen (secondary N) is 3. The van der Waals surface area contributed by atoms with Crippen molar-refractivity contribution in [3.8, 4) is 0 Å². The molecule has 0 saturated carbocycles. The van der Waals surface area contributed by atoms with Crippen LogP contribution in [0.15, 0.2) is 32.9 Å². The number of carbonyl (C=O) groups excluding carboxylic acids is 2. The zero-order chi connectivity index (χ0) is 24.4. The zero-order valence-electron chi connectivity index (χ0n) is 17.6. The van der Waals surface area contributed by atoms with Gasteiger partial charge < -0.3 is 20.6 Å². The molecule has 0 atom stereocenters. The molecule has 0 unspecified atom stereocenters. The van der Waals surface area contributed by atoms with Gasteiger partial charge in [-0.2, -0.15) is 0 Å².